The zero-order valence-electron chi connectivity index (χ0n) is 22.6. The molecule has 3 aromatic carbocycles. The van der Waals surface area contributed by atoms with E-state index in [1.54, 1.807) is 42.5 Å². The van der Waals surface area contributed by atoms with Gasteiger partial charge in [-0.1, -0.05) is 73.2 Å². The van der Waals surface area contributed by atoms with Crippen LogP contribution in [0.2, 0.25) is 5.02 Å². The first-order valence-corrected chi connectivity index (χ1v) is 15.0. The fourth-order valence-corrected chi connectivity index (χ4v) is 6.95. The van der Waals surface area contributed by atoms with Crippen LogP contribution in [0.25, 0.3) is 0 Å². The molecule has 2 heterocycles. The molecule has 2 aliphatic rings. The monoisotopic (exact) mass is 688 g/mol. The third-order valence-electron chi connectivity index (χ3n) is 7.85. The Kier molecular flexibility index (Phi) is 7.87. The summed E-state index contributed by atoms with van der Waals surface area (Å²) in [6.45, 7) is 6.03. The molecule has 212 valence electrons. The van der Waals surface area contributed by atoms with Crippen molar-refractivity contribution in [1.82, 2.24) is 5.32 Å². The summed E-state index contributed by atoms with van der Waals surface area (Å²) < 4.78 is 31.6. The molecule has 6 nitrogen and oxygen atoms in total. The highest BCUT2D eigenvalue weighted by Gasteiger charge is 2.66. The lowest BCUT2D eigenvalue weighted by atomic mass is 9.62. The molecule has 2 amide bonds. The number of hydrogen-bond donors (Lipinski definition) is 3. The predicted molar refractivity (Wildman–Crippen MR) is 163 cm³/mol. The smallest absolute Gasteiger partial charge is 0.242 e. The van der Waals surface area contributed by atoms with E-state index in [4.69, 9.17) is 16.9 Å². The molecule has 0 saturated carbocycles. The zero-order valence-corrected chi connectivity index (χ0v) is 25.5. The first kappa shape index (κ1) is 29.4. The van der Waals surface area contributed by atoms with E-state index in [0.29, 0.717) is 38.9 Å². The van der Waals surface area contributed by atoms with Gasteiger partial charge in [0.05, 0.1) is 22.7 Å². The van der Waals surface area contributed by atoms with Crippen LogP contribution in [0, 0.1) is 28.4 Å². The Labute approximate surface area is 256 Å². The number of nitrogens with one attached hydrogen (secondary N) is 3. The van der Waals surface area contributed by atoms with Gasteiger partial charge in [-0.25, -0.2) is 8.78 Å². The van der Waals surface area contributed by atoms with Crippen LogP contribution in [0.3, 0.4) is 0 Å². The predicted octanol–water partition coefficient (Wildman–Crippen LogP) is 6.81. The van der Waals surface area contributed by atoms with Crippen LogP contribution in [-0.2, 0) is 19.4 Å². The maximum Gasteiger partial charge on any atom is 0.242 e. The van der Waals surface area contributed by atoms with E-state index in [1.165, 1.54) is 12.1 Å². The van der Waals surface area contributed by atoms with Crippen LogP contribution in [0.5, 0.6) is 0 Å². The molecule has 0 unspecified atom stereocenters. The Morgan fingerprint density at radius 1 is 1.17 bits per heavy atom. The molecule has 0 aliphatic carbocycles. The molecule has 3 N–H and O–H groups in total. The van der Waals surface area contributed by atoms with Gasteiger partial charge in [0, 0.05) is 27.8 Å². The van der Waals surface area contributed by atoms with Gasteiger partial charge in [-0.2, -0.15) is 5.26 Å². The number of nitrogens with zero attached hydrogens (tertiary/aromatic N) is 1. The second-order valence-corrected chi connectivity index (χ2v) is 12.9. The number of carbonyl (C=O) groups is 2. The summed E-state index contributed by atoms with van der Waals surface area (Å²) in [5, 5.41) is 18.1. The van der Waals surface area contributed by atoms with E-state index in [9.17, 15) is 9.59 Å². The Hall–Kier alpha value is -3.07. The van der Waals surface area contributed by atoms with E-state index >= 15 is 8.78 Å². The minimum absolute atomic E-state index is 0.149. The molecule has 0 aromatic heterocycles. The van der Waals surface area contributed by atoms with Crippen molar-refractivity contribution in [3.05, 3.63) is 93.5 Å². The van der Waals surface area contributed by atoms with Crippen molar-refractivity contribution < 1.29 is 18.4 Å². The average Bonchev–Trinajstić information content (AvgIpc) is 3.39. The summed E-state index contributed by atoms with van der Waals surface area (Å²) in [6, 6.07) is 14.3. The van der Waals surface area contributed by atoms with Crippen molar-refractivity contribution in [2.75, 3.05) is 10.6 Å². The normalized spacial score (nSPS) is 23.3. The lowest BCUT2D eigenvalue weighted by Crippen LogP contribution is -2.49. The number of alkyl halides is 1. The number of anilines is 2. The van der Waals surface area contributed by atoms with Gasteiger partial charge in [0.2, 0.25) is 11.8 Å². The number of benzene rings is 3. The van der Waals surface area contributed by atoms with E-state index in [-0.39, 0.29) is 16.0 Å². The third kappa shape index (κ3) is 5.11. The van der Waals surface area contributed by atoms with Gasteiger partial charge in [-0.05, 0) is 64.9 Å². The largest absolute Gasteiger partial charge is 0.325 e. The lowest BCUT2D eigenvalue weighted by Gasteiger charge is -2.37. The molecule has 1 spiro atoms. The summed E-state index contributed by atoms with van der Waals surface area (Å²) in [5.74, 6) is -3.17. The van der Waals surface area contributed by atoms with Crippen LogP contribution in [0.4, 0.5) is 20.2 Å². The number of amides is 2. The Morgan fingerprint density at radius 2 is 1.88 bits per heavy atom. The molecule has 10 heteroatoms. The number of fused-ring (bicyclic) bond motifs is 2. The van der Waals surface area contributed by atoms with Crippen molar-refractivity contribution in [2.45, 2.75) is 55.0 Å². The number of carbonyl (C=O) groups excluding carboxylic acids is 2. The van der Waals surface area contributed by atoms with E-state index in [2.05, 4.69) is 38.5 Å². The van der Waals surface area contributed by atoms with E-state index in [0.717, 1.165) is 0 Å². The summed E-state index contributed by atoms with van der Waals surface area (Å²) in [5.41, 5.74) is 0.344. The van der Waals surface area contributed by atoms with Gasteiger partial charge in [0.15, 0.2) is 0 Å². The SMILES string of the molecule is CC(C)(C)C[C@@H]1N[C@@H](C(=O)Nc2ccc(C#N)cc2)[C@H](c2cccc(CI)c2F)[C@]12C(=O)Nc1cc(Cl)c(F)cc12. The van der Waals surface area contributed by atoms with Crippen LogP contribution in [-0.4, -0.2) is 23.9 Å². The average molecular weight is 689 g/mol. The number of nitriles is 1. The van der Waals surface area contributed by atoms with Gasteiger partial charge in [0.25, 0.3) is 0 Å². The quantitative estimate of drug-likeness (QED) is 0.203. The van der Waals surface area contributed by atoms with Crippen molar-refractivity contribution in [2.24, 2.45) is 5.41 Å². The molecular formula is C31H28ClF2IN4O2. The van der Waals surface area contributed by atoms with E-state index in [1.807, 2.05) is 26.8 Å². The minimum Gasteiger partial charge on any atom is -0.325 e. The second-order valence-electron chi connectivity index (χ2n) is 11.7. The maximum atomic E-state index is 16.2. The Bertz CT molecular complexity index is 1580. The molecular weight excluding hydrogens is 661 g/mol. The molecule has 0 radical (unpaired) electrons. The number of rotatable bonds is 5. The summed E-state index contributed by atoms with van der Waals surface area (Å²) in [6.07, 6.45) is 0.425. The fraction of sp³-hybridized carbons (Fsp3) is 0.323. The minimum atomic E-state index is -1.52. The Balaban J connectivity index is 1.74. The summed E-state index contributed by atoms with van der Waals surface area (Å²) >= 11 is 8.17. The van der Waals surface area contributed by atoms with Crippen LogP contribution in [0.15, 0.2) is 54.6 Å². The molecule has 3 aromatic rings. The van der Waals surface area contributed by atoms with Crippen LogP contribution >= 0.6 is 34.2 Å². The van der Waals surface area contributed by atoms with Gasteiger partial charge in [0.1, 0.15) is 17.0 Å². The molecule has 4 atom stereocenters. The summed E-state index contributed by atoms with van der Waals surface area (Å²) in [4.78, 5) is 28.2. The Morgan fingerprint density at radius 3 is 2.51 bits per heavy atom. The standard InChI is InChI=1S/C31H28ClF2IN4O2/c1-30(2,3)13-24-31(20-11-22(33)21(32)12-23(20)38-29(31)41)25(19-6-4-5-17(14-35)26(19)34)27(39-24)28(40)37-18-9-7-16(15-36)8-10-18/h4-12,24-25,27,39H,13-14H2,1-3H3,(H,37,40)(H,38,41)/t24-,25-,27+,31+/m0/s1. The fourth-order valence-electron chi connectivity index (χ4n) is 6.19. The lowest BCUT2D eigenvalue weighted by molar-refractivity contribution is -0.122. The van der Waals surface area contributed by atoms with Crippen molar-refractivity contribution in [1.29, 1.82) is 5.26 Å². The van der Waals surface area contributed by atoms with Gasteiger partial charge in [-0.15, -0.1) is 0 Å². The molecule has 1 fully saturated rings. The van der Waals surface area contributed by atoms with E-state index < -0.39 is 46.9 Å². The van der Waals surface area contributed by atoms with Crippen molar-refractivity contribution >= 4 is 57.4 Å². The number of halogens is 4. The number of hydrogen-bond acceptors (Lipinski definition) is 4. The molecule has 5 rings (SSSR count). The molecule has 1 saturated heterocycles. The first-order chi connectivity index (χ1) is 19.4. The summed E-state index contributed by atoms with van der Waals surface area (Å²) in [7, 11) is 0. The van der Waals surface area contributed by atoms with Crippen molar-refractivity contribution in [3.63, 3.8) is 0 Å². The highest BCUT2D eigenvalue weighted by molar-refractivity contribution is 14.1. The van der Waals surface area contributed by atoms with Crippen molar-refractivity contribution in [3.8, 4) is 6.07 Å². The topological polar surface area (TPSA) is 94.0 Å². The maximum absolute atomic E-state index is 16.2. The second kappa shape index (κ2) is 11.0. The highest BCUT2D eigenvalue weighted by Crippen LogP contribution is 2.57. The molecule has 0 bridgehead atoms. The van der Waals surface area contributed by atoms with Gasteiger partial charge < -0.3 is 16.0 Å². The van der Waals surface area contributed by atoms with Gasteiger partial charge >= 0.3 is 0 Å². The van der Waals surface area contributed by atoms with Crippen LogP contribution in [0.1, 0.15) is 55.4 Å². The molecule has 41 heavy (non-hydrogen) atoms. The third-order valence-corrected chi connectivity index (χ3v) is 8.96. The van der Waals surface area contributed by atoms with Crippen LogP contribution < -0.4 is 16.0 Å². The zero-order chi connectivity index (χ0) is 29.7. The highest BCUT2D eigenvalue weighted by atomic mass is 127. The molecule has 2 aliphatic heterocycles. The van der Waals surface area contributed by atoms with Gasteiger partial charge in [-0.3, -0.25) is 9.59 Å². The first-order valence-electron chi connectivity index (χ1n) is 13.1.